The Balaban J connectivity index is 3.00. The molecule has 0 aliphatic carbocycles. The zero-order valence-electron chi connectivity index (χ0n) is 7.10. The predicted octanol–water partition coefficient (Wildman–Crippen LogP) is 1.34. The predicted molar refractivity (Wildman–Crippen MR) is 58.6 cm³/mol. The summed E-state index contributed by atoms with van der Waals surface area (Å²) in [5.74, 6) is -1.32. The van der Waals surface area contributed by atoms with Crippen molar-refractivity contribution in [2.45, 2.75) is 6.54 Å². The van der Waals surface area contributed by atoms with Gasteiger partial charge in [-0.3, -0.25) is 0 Å². The average molecular weight is 315 g/mol. The normalized spacial score (nSPS) is 9.93. The molecule has 0 spiro atoms. The molecular weight excluding hydrogens is 307 g/mol. The largest absolute Gasteiger partial charge is 0.370 e. The SMILES string of the molecule is NC(N)=NCc1ccc(F)c([131I])c1F. The minimum absolute atomic E-state index is 0.0183. The molecule has 0 amide bonds. The number of rotatable bonds is 2. The first-order valence-corrected chi connectivity index (χ1v) is 4.78. The second kappa shape index (κ2) is 4.54. The number of aliphatic imine (C=N–C) groups is 1. The number of nitrogens with zero attached hydrogens (tertiary/aromatic N) is 1. The fourth-order valence-electron chi connectivity index (χ4n) is 0.864. The molecule has 76 valence electrons. The minimum atomic E-state index is -0.615. The van der Waals surface area contributed by atoms with Gasteiger partial charge in [0.25, 0.3) is 0 Å². The fraction of sp³-hybridized carbons (Fsp3) is 0.125. The zero-order chi connectivity index (χ0) is 10.7. The van der Waals surface area contributed by atoms with Crippen LogP contribution in [0.5, 0.6) is 0 Å². The Kier molecular flexibility index (Phi) is 3.62. The minimum Gasteiger partial charge on any atom is -0.370 e. The molecule has 0 fully saturated rings. The third-order valence-corrected chi connectivity index (χ3v) is 2.54. The Morgan fingerprint density at radius 2 is 2.00 bits per heavy atom. The van der Waals surface area contributed by atoms with Crippen LogP contribution < -0.4 is 11.5 Å². The number of benzene rings is 1. The van der Waals surface area contributed by atoms with Crippen LogP contribution in [0, 0.1) is 15.2 Å². The highest BCUT2D eigenvalue weighted by Gasteiger charge is 2.10. The van der Waals surface area contributed by atoms with Gasteiger partial charge in [-0.25, -0.2) is 13.8 Å². The number of hydrogen-bond donors (Lipinski definition) is 2. The van der Waals surface area contributed by atoms with Gasteiger partial charge >= 0.3 is 0 Å². The van der Waals surface area contributed by atoms with Crippen LogP contribution in [-0.4, -0.2) is 5.96 Å². The number of nitrogens with two attached hydrogens (primary N) is 2. The summed E-state index contributed by atoms with van der Waals surface area (Å²) in [5.41, 5.74) is 10.4. The molecule has 0 heterocycles. The van der Waals surface area contributed by atoms with Crippen molar-refractivity contribution in [2.75, 3.05) is 0 Å². The van der Waals surface area contributed by atoms with Crippen LogP contribution in [0.2, 0.25) is 0 Å². The first-order chi connectivity index (χ1) is 6.52. The van der Waals surface area contributed by atoms with Gasteiger partial charge in [0.05, 0.1) is 10.1 Å². The van der Waals surface area contributed by atoms with Crippen LogP contribution in [0.3, 0.4) is 0 Å². The quantitative estimate of drug-likeness (QED) is 0.374. The van der Waals surface area contributed by atoms with Crippen molar-refractivity contribution < 1.29 is 8.78 Å². The summed E-state index contributed by atoms with van der Waals surface area (Å²) in [7, 11) is 0. The van der Waals surface area contributed by atoms with E-state index in [9.17, 15) is 8.78 Å². The van der Waals surface area contributed by atoms with Gasteiger partial charge in [0.15, 0.2) is 5.96 Å². The summed E-state index contributed by atoms with van der Waals surface area (Å²) in [6.07, 6.45) is 0. The molecule has 4 N–H and O–H groups in total. The molecule has 0 bridgehead atoms. The van der Waals surface area contributed by atoms with Crippen LogP contribution in [0.15, 0.2) is 17.1 Å². The van der Waals surface area contributed by atoms with Crippen molar-refractivity contribution >= 4 is 28.6 Å². The summed E-state index contributed by atoms with van der Waals surface area (Å²) in [5, 5.41) is 0. The smallest absolute Gasteiger partial charge is 0.186 e. The van der Waals surface area contributed by atoms with E-state index in [0.29, 0.717) is 0 Å². The monoisotopic (exact) mass is 315 g/mol. The molecule has 0 aliphatic heterocycles. The Morgan fingerprint density at radius 3 is 2.57 bits per heavy atom. The molecule has 6 heteroatoms. The van der Waals surface area contributed by atoms with Crippen LogP contribution in [-0.2, 0) is 6.54 Å². The highest BCUT2D eigenvalue weighted by molar-refractivity contribution is 14.1. The fourth-order valence-corrected chi connectivity index (χ4v) is 1.39. The lowest BCUT2D eigenvalue weighted by atomic mass is 10.2. The van der Waals surface area contributed by atoms with Gasteiger partial charge in [0.2, 0.25) is 0 Å². The maximum absolute atomic E-state index is 13.3. The van der Waals surface area contributed by atoms with E-state index in [0.717, 1.165) is 0 Å². The maximum atomic E-state index is 13.3. The average Bonchev–Trinajstić information content (AvgIpc) is 2.13. The highest BCUT2D eigenvalue weighted by atomic mass is 131. The third kappa shape index (κ3) is 2.53. The molecule has 0 radical (unpaired) electrons. The summed E-state index contributed by atoms with van der Waals surface area (Å²) in [4.78, 5) is 3.63. The molecule has 3 nitrogen and oxygen atoms in total. The van der Waals surface area contributed by atoms with Gasteiger partial charge in [0.1, 0.15) is 11.6 Å². The standard InChI is InChI=1S/C8H8F2IN3/c9-5-2-1-4(3-14-8(12)13)6(10)7(5)11/h1-2H,3H2,(H4,12,13,14)/i11+4. The lowest BCUT2D eigenvalue weighted by Gasteiger charge is -2.02. The van der Waals surface area contributed by atoms with E-state index in [1.807, 2.05) is 0 Å². The van der Waals surface area contributed by atoms with E-state index in [-0.39, 0.29) is 21.6 Å². The van der Waals surface area contributed by atoms with Gasteiger partial charge in [-0.1, -0.05) is 6.07 Å². The second-order valence-corrected chi connectivity index (χ2v) is 3.65. The van der Waals surface area contributed by atoms with Gasteiger partial charge < -0.3 is 11.5 Å². The van der Waals surface area contributed by atoms with Crippen molar-refractivity contribution in [1.82, 2.24) is 0 Å². The molecule has 1 aromatic rings. The molecule has 0 atom stereocenters. The third-order valence-electron chi connectivity index (χ3n) is 1.55. The second-order valence-electron chi connectivity index (χ2n) is 2.58. The van der Waals surface area contributed by atoms with E-state index in [1.54, 1.807) is 22.6 Å². The van der Waals surface area contributed by atoms with Crippen LogP contribution >= 0.6 is 22.6 Å². The Bertz CT molecular complexity index is 375. The molecule has 0 aliphatic rings. The molecule has 1 rings (SSSR count). The number of guanidine groups is 1. The summed E-state index contributed by atoms with van der Waals surface area (Å²) < 4.78 is 26.1. The van der Waals surface area contributed by atoms with Gasteiger partial charge in [0, 0.05) is 5.56 Å². The molecular formula is C8H8F2IN3. The summed E-state index contributed by atoms with van der Waals surface area (Å²) in [6, 6.07) is 2.50. The zero-order valence-corrected chi connectivity index (χ0v) is 9.26. The molecule has 0 unspecified atom stereocenters. The van der Waals surface area contributed by atoms with Crippen molar-refractivity contribution in [3.8, 4) is 0 Å². The van der Waals surface area contributed by atoms with E-state index in [1.165, 1.54) is 12.1 Å². The van der Waals surface area contributed by atoms with Crippen LogP contribution in [0.1, 0.15) is 5.56 Å². The van der Waals surface area contributed by atoms with Gasteiger partial charge in [-0.15, -0.1) is 0 Å². The van der Waals surface area contributed by atoms with E-state index in [4.69, 9.17) is 11.5 Å². The van der Waals surface area contributed by atoms with Crippen molar-refractivity contribution in [1.29, 1.82) is 0 Å². The van der Waals surface area contributed by atoms with E-state index in [2.05, 4.69) is 4.99 Å². The van der Waals surface area contributed by atoms with E-state index >= 15 is 0 Å². The first-order valence-electron chi connectivity index (χ1n) is 3.70. The summed E-state index contributed by atoms with van der Waals surface area (Å²) >= 11 is 1.59. The van der Waals surface area contributed by atoms with Crippen LogP contribution in [0.4, 0.5) is 8.78 Å². The van der Waals surface area contributed by atoms with E-state index < -0.39 is 11.6 Å². The maximum Gasteiger partial charge on any atom is 0.186 e. The Labute approximate surface area is 93.3 Å². The Hall–Kier alpha value is -0.920. The topological polar surface area (TPSA) is 64.4 Å². The highest BCUT2D eigenvalue weighted by Crippen LogP contribution is 2.19. The first kappa shape index (κ1) is 11.2. The summed E-state index contributed by atoms with van der Waals surface area (Å²) in [6.45, 7) is 0.0183. The van der Waals surface area contributed by atoms with Gasteiger partial charge in [-0.2, -0.15) is 0 Å². The van der Waals surface area contributed by atoms with Gasteiger partial charge in [-0.05, 0) is 28.7 Å². The Morgan fingerprint density at radius 1 is 1.36 bits per heavy atom. The molecule has 0 saturated carbocycles. The molecule has 0 aromatic heterocycles. The molecule has 14 heavy (non-hydrogen) atoms. The van der Waals surface area contributed by atoms with Crippen molar-refractivity contribution in [3.05, 3.63) is 32.9 Å². The lowest BCUT2D eigenvalue weighted by Crippen LogP contribution is -2.22. The van der Waals surface area contributed by atoms with Crippen molar-refractivity contribution in [2.24, 2.45) is 16.5 Å². The molecule has 1 aromatic carbocycles. The lowest BCUT2D eigenvalue weighted by molar-refractivity contribution is 0.560. The number of halogens is 3. The number of hydrogen-bond acceptors (Lipinski definition) is 1. The molecule has 0 saturated heterocycles. The van der Waals surface area contributed by atoms with Crippen LogP contribution in [0.25, 0.3) is 0 Å². The van der Waals surface area contributed by atoms with Crippen molar-refractivity contribution in [3.63, 3.8) is 0 Å².